The van der Waals surface area contributed by atoms with Gasteiger partial charge in [0.1, 0.15) is 0 Å². The first kappa shape index (κ1) is 18.9. The molecule has 0 bridgehead atoms. The summed E-state index contributed by atoms with van der Waals surface area (Å²) in [7, 11) is 0. The van der Waals surface area contributed by atoms with Crippen LogP contribution >= 0.6 is 0 Å². The van der Waals surface area contributed by atoms with Crippen LogP contribution in [0, 0.1) is 5.82 Å². The van der Waals surface area contributed by atoms with E-state index in [-0.39, 0.29) is 18.7 Å². The van der Waals surface area contributed by atoms with Crippen molar-refractivity contribution in [1.82, 2.24) is 10.2 Å². The molecular formula is C16H19F4N3O3. The van der Waals surface area contributed by atoms with Crippen LogP contribution in [0.2, 0.25) is 0 Å². The molecule has 3 rings (SSSR count). The third-order valence-corrected chi connectivity index (χ3v) is 4.43. The molecule has 0 spiro atoms. The minimum atomic E-state index is -4.83. The molecule has 2 saturated heterocycles. The first-order chi connectivity index (χ1) is 12.4. The predicted molar refractivity (Wildman–Crippen MR) is 84.3 cm³/mol. The second-order valence-electron chi connectivity index (χ2n) is 6.12. The molecule has 144 valence electrons. The van der Waals surface area contributed by atoms with Gasteiger partial charge in [-0.05, 0) is 12.1 Å². The van der Waals surface area contributed by atoms with Gasteiger partial charge in [-0.3, -0.25) is 4.90 Å². The second-order valence-corrected chi connectivity index (χ2v) is 6.12. The standard InChI is InChI=1S/C16H19F4N3O3/c17-14-10(16(18,19)20)2-1-3-11(14)21-15(24)22-12-8-26-9-13(12)23-4-6-25-7-5-23/h1-3,12-13H,4-9H2,(H2,21,22,24)/t12-,13-/m0/s1. The van der Waals surface area contributed by atoms with Crippen molar-refractivity contribution in [1.29, 1.82) is 0 Å². The van der Waals surface area contributed by atoms with E-state index in [4.69, 9.17) is 9.47 Å². The van der Waals surface area contributed by atoms with E-state index in [1.165, 1.54) is 0 Å². The van der Waals surface area contributed by atoms with Gasteiger partial charge in [0, 0.05) is 13.1 Å². The summed E-state index contributed by atoms with van der Waals surface area (Å²) in [5, 5.41) is 4.80. The molecule has 2 aliphatic rings. The van der Waals surface area contributed by atoms with Gasteiger partial charge >= 0.3 is 12.2 Å². The fourth-order valence-electron chi connectivity index (χ4n) is 3.12. The Morgan fingerprint density at radius 3 is 2.58 bits per heavy atom. The second kappa shape index (κ2) is 7.77. The zero-order valence-corrected chi connectivity index (χ0v) is 13.8. The third kappa shape index (κ3) is 4.25. The van der Waals surface area contributed by atoms with Crippen LogP contribution in [0.15, 0.2) is 18.2 Å². The Morgan fingerprint density at radius 2 is 1.88 bits per heavy atom. The summed E-state index contributed by atoms with van der Waals surface area (Å²) in [6, 6.07) is 1.55. The van der Waals surface area contributed by atoms with Crippen LogP contribution in [0.25, 0.3) is 0 Å². The van der Waals surface area contributed by atoms with Crippen molar-refractivity contribution < 1.29 is 31.8 Å². The van der Waals surface area contributed by atoms with Crippen molar-refractivity contribution in [3.8, 4) is 0 Å². The van der Waals surface area contributed by atoms with Crippen LogP contribution in [0.3, 0.4) is 0 Å². The molecule has 0 aromatic heterocycles. The van der Waals surface area contributed by atoms with Crippen molar-refractivity contribution in [3.63, 3.8) is 0 Å². The molecule has 26 heavy (non-hydrogen) atoms. The van der Waals surface area contributed by atoms with Crippen molar-refractivity contribution in [2.75, 3.05) is 44.8 Å². The molecule has 0 radical (unpaired) electrons. The van der Waals surface area contributed by atoms with Crippen molar-refractivity contribution >= 4 is 11.7 Å². The van der Waals surface area contributed by atoms with E-state index in [2.05, 4.69) is 15.5 Å². The number of hydrogen-bond acceptors (Lipinski definition) is 4. The summed E-state index contributed by atoms with van der Waals surface area (Å²) >= 11 is 0. The highest BCUT2D eigenvalue weighted by atomic mass is 19.4. The summed E-state index contributed by atoms with van der Waals surface area (Å²) in [6.45, 7) is 3.30. The molecule has 2 aliphatic heterocycles. The van der Waals surface area contributed by atoms with Crippen LogP contribution in [0.1, 0.15) is 5.56 Å². The Labute approximate surface area is 147 Å². The Kier molecular flexibility index (Phi) is 5.64. The number of carbonyl (C=O) groups excluding carboxylic acids is 1. The average Bonchev–Trinajstić information content (AvgIpc) is 3.04. The van der Waals surface area contributed by atoms with Gasteiger partial charge in [0.25, 0.3) is 0 Å². The van der Waals surface area contributed by atoms with E-state index in [0.717, 1.165) is 12.1 Å². The van der Waals surface area contributed by atoms with Gasteiger partial charge in [0.05, 0.1) is 49.8 Å². The molecule has 2 N–H and O–H groups in total. The maximum absolute atomic E-state index is 14.0. The Hall–Kier alpha value is -1.91. The maximum atomic E-state index is 14.0. The topological polar surface area (TPSA) is 62.8 Å². The molecule has 0 aliphatic carbocycles. The van der Waals surface area contributed by atoms with Gasteiger partial charge in [-0.15, -0.1) is 0 Å². The molecule has 2 amide bonds. The number of alkyl halides is 3. The summed E-state index contributed by atoms with van der Waals surface area (Å²) in [5.41, 5.74) is -1.95. The van der Waals surface area contributed by atoms with Gasteiger partial charge in [0.2, 0.25) is 0 Å². The van der Waals surface area contributed by atoms with E-state index in [1.807, 2.05) is 0 Å². The number of nitrogens with zero attached hydrogens (tertiary/aromatic N) is 1. The Bertz CT molecular complexity index is 650. The number of amides is 2. The van der Waals surface area contributed by atoms with E-state index < -0.39 is 29.3 Å². The van der Waals surface area contributed by atoms with E-state index in [1.54, 1.807) is 0 Å². The molecule has 10 heteroatoms. The lowest BCUT2D eigenvalue weighted by Gasteiger charge is -2.34. The summed E-state index contributed by atoms with van der Waals surface area (Å²) in [6.07, 6.45) is -4.83. The van der Waals surface area contributed by atoms with Crippen LogP contribution in [-0.4, -0.2) is 62.5 Å². The van der Waals surface area contributed by atoms with E-state index >= 15 is 0 Å². The number of urea groups is 1. The number of hydrogen-bond donors (Lipinski definition) is 2. The molecular weight excluding hydrogens is 358 g/mol. The first-order valence-corrected chi connectivity index (χ1v) is 8.19. The largest absolute Gasteiger partial charge is 0.419 e. The van der Waals surface area contributed by atoms with Crippen LogP contribution in [0.4, 0.5) is 28.0 Å². The van der Waals surface area contributed by atoms with Gasteiger partial charge in [-0.25, -0.2) is 9.18 Å². The van der Waals surface area contributed by atoms with E-state index in [0.29, 0.717) is 39.0 Å². The zero-order valence-electron chi connectivity index (χ0n) is 13.8. The van der Waals surface area contributed by atoms with Crippen LogP contribution < -0.4 is 10.6 Å². The minimum absolute atomic E-state index is 0.0593. The van der Waals surface area contributed by atoms with Crippen molar-refractivity contribution in [2.45, 2.75) is 18.3 Å². The molecule has 6 nitrogen and oxygen atoms in total. The quantitative estimate of drug-likeness (QED) is 0.792. The lowest BCUT2D eigenvalue weighted by Crippen LogP contribution is -2.54. The molecule has 0 saturated carbocycles. The number of carbonyl (C=O) groups is 1. The number of benzene rings is 1. The normalized spacial score (nSPS) is 24.5. The summed E-state index contributed by atoms with van der Waals surface area (Å²) in [4.78, 5) is 14.3. The Morgan fingerprint density at radius 1 is 1.15 bits per heavy atom. The monoisotopic (exact) mass is 377 g/mol. The lowest BCUT2D eigenvalue weighted by atomic mass is 10.1. The van der Waals surface area contributed by atoms with Crippen LogP contribution in [0.5, 0.6) is 0 Å². The first-order valence-electron chi connectivity index (χ1n) is 8.19. The molecule has 2 atom stereocenters. The van der Waals surface area contributed by atoms with Gasteiger partial charge in [0.15, 0.2) is 5.82 Å². The van der Waals surface area contributed by atoms with Crippen molar-refractivity contribution in [2.24, 2.45) is 0 Å². The number of rotatable bonds is 3. The van der Waals surface area contributed by atoms with Gasteiger partial charge in [-0.1, -0.05) is 6.07 Å². The molecule has 1 aromatic carbocycles. The number of anilines is 1. The number of halogens is 4. The highest BCUT2D eigenvalue weighted by molar-refractivity contribution is 5.89. The predicted octanol–water partition coefficient (Wildman–Crippen LogP) is 2.07. The van der Waals surface area contributed by atoms with E-state index in [9.17, 15) is 22.4 Å². The molecule has 2 fully saturated rings. The number of ether oxygens (including phenoxy) is 2. The van der Waals surface area contributed by atoms with Crippen LogP contribution in [-0.2, 0) is 15.7 Å². The minimum Gasteiger partial charge on any atom is -0.379 e. The highest BCUT2D eigenvalue weighted by Crippen LogP contribution is 2.33. The number of morpholine rings is 1. The van der Waals surface area contributed by atoms with Gasteiger partial charge in [-0.2, -0.15) is 13.2 Å². The SMILES string of the molecule is O=C(Nc1cccc(C(F)(F)F)c1F)N[C@H]1COC[C@@H]1N1CCOCC1. The third-order valence-electron chi connectivity index (χ3n) is 4.43. The fraction of sp³-hybridized carbons (Fsp3) is 0.562. The van der Waals surface area contributed by atoms with Gasteiger partial charge < -0.3 is 20.1 Å². The summed E-state index contributed by atoms with van der Waals surface area (Å²) < 4.78 is 63.0. The molecule has 2 heterocycles. The Balaban J connectivity index is 1.64. The highest BCUT2D eigenvalue weighted by Gasteiger charge is 2.36. The number of nitrogens with one attached hydrogen (secondary N) is 2. The summed E-state index contributed by atoms with van der Waals surface area (Å²) in [5.74, 6) is -1.51. The molecule has 0 unspecified atom stereocenters. The fourth-order valence-corrected chi connectivity index (χ4v) is 3.12. The lowest BCUT2D eigenvalue weighted by molar-refractivity contribution is -0.139. The average molecular weight is 377 g/mol. The van der Waals surface area contributed by atoms with Crippen molar-refractivity contribution in [3.05, 3.63) is 29.6 Å². The molecule has 1 aromatic rings. The maximum Gasteiger partial charge on any atom is 0.419 e. The zero-order chi connectivity index (χ0) is 18.7. The smallest absolute Gasteiger partial charge is 0.379 e.